The minimum absolute atomic E-state index is 0.534. The summed E-state index contributed by atoms with van der Waals surface area (Å²) in [6, 6.07) is 17.9. The summed E-state index contributed by atoms with van der Waals surface area (Å²) in [5.74, 6) is 0.906. The number of rotatable bonds is 4. The van der Waals surface area contributed by atoms with Crippen molar-refractivity contribution in [1.29, 1.82) is 0 Å². The predicted molar refractivity (Wildman–Crippen MR) is 107 cm³/mol. The van der Waals surface area contributed by atoms with Crippen LogP contribution in [0.25, 0.3) is 22.5 Å². The Balaban J connectivity index is 1.86. The molecule has 0 spiro atoms. The Morgan fingerprint density at radius 1 is 0.960 bits per heavy atom. The van der Waals surface area contributed by atoms with Gasteiger partial charge in [-0.3, -0.25) is 0 Å². The number of benzene rings is 2. The molecule has 0 fully saturated rings. The Bertz CT molecular complexity index is 992. The smallest absolute Gasteiger partial charge is 0.111 e. The molecule has 0 saturated carbocycles. The van der Waals surface area contributed by atoms with Gasteiger partial charge in [-0.25, -0.2) is 4.98 Å². The third kappa shape index (κ3) is 3.36. The molecule has 4 aromatic rings. The van der Waals surface area contributed by atoms with Crippen LogP contribution in [0.1, 0.15) is 11.4 Å². The molecular formula is C20H14Cl2N2S. The molecule has 1 N–H and O–H groups in total. The van der Waals surface area contributed by atoms with Crippen LogP contribution in [0.4, 0.5) is 0 Å². The number of hydrogen-bond acceptors (Lipinski definition) is 2. The Hall–Kier alpha value is -2.07. The van der Waals surface area contributed by atoms with Crippen molar-refractivity contribution < 1.29 is 0 Å². The van der Waals surface area contributed by atoms with E-state index in [0.29, 0.717) is 10.0 Å². The first-order chi connectivity index (χ1) is 12.2. The molecule has 5 heteroatoms. The minimum atomic E-state index is 0.534. The fourth-order valence-corrected chi connectivity index (χ4v) is 3.85. The number of nitrogens with one attached hydrogen (secondary N) is 1. The van der Waals surface area contributed by atoms with Gasteiger partial charge in [0.1, 0.15) is 5.82 Å². The van der Waals surface area contributed by atoms with Gasteiger partial charge in [0.05, 0.1) is 21.4 Å². The molecule has 2 aromatic heterocycles. The molecule has 0 aliphatic rings. The number of imidazole rings is 1. The summed E-state index contributed by atoms with van der Waals surface area (Å²) in [6.07, 6.45) is 0.752. The van der Waals surface area contributed by atoms with Crippen LogP contribution in [0.15, 0.2) is 65.4 Å². The van der Waals surface area contributed by atoms with E-state index in [1.165, 1.54) is 5.56 Å². The van der Waals surface area contributed by atoms with Gasteiger partial charge in [-0.2, -0.15) is 11.3 Å². The van der Waals surface area contributed by atoms with Crippen molar-refractivity contribution in [3.05, 3.63) is 86.8 Å². The summed E-state index contributed by atoms with van der Waals surface area (Å²) >= 11 is 14.4. The highest BCUT2D eigenvalue weighted by Crippen LogP contribution is 2.37. The summed E-state index contributed by atoms with van der Waals surface area (Å²) in [5.41, 5.74) is 4.92. The van der Waals surface area contributed by atoms with Gasteiger partial charge in [0, 0.05) is 17.5 Å². The van der Waals surface area contributed by atoms with Crippen molar-refractivity contribution in [2.24, 2.45) is 0 Å². The van der Waals surface area contributed by atoms with Gasteiger partial charge in [0.25, 0.3) is 0 Å². The molecule has 124 valence electrons. The Morgan fingerprint density at radius 3 is 2.56 bits per heavy atom. The summed E-state index contributed by atoms with van der Waals surface area (Å²) < 4.78 is 0. The highest BCUT2D eigenvalue weighted by molar-refractivity contribution is 7.07. The zero-order chi connectivity index (χ0) is 17.2. The Labute approximate surface area is 160 Å². The van der Waals surface area contributed by atoms with E-state index < -0.39 is 0 Å². The van der Waals surface area contributed by atoms with E-state index in [2.05, 4.69) is 21.8 Å². The summed E-state index contributed by atoms with van der Waals surface area (Å²) in [6.45, 7) is 0. The molecule has 0 aliphatic carbocycles. The van der Waals surface area contributed by atoms with E-state index in [4.69, 9.17) is 28.2 Å². The molecule has 0 saturated heterocycles. The van der Waals surface area contributed by atoms with E-state index in [1.54, 1.807) is 17.4 Å². The number of aromatic amines is 1. The van der Waals surface area contributed by atoms with Crippen LogP contribution in [-0.2, 0) is 6.42 Å². The number of hydrogen-bond donors (Lipinski definition) is 1. The topological polar surface area (TPSA) is 28.7 Å². The van der Waals surface area contributed by atoms with Crippen LogP contribution in [-0.4, -0.2) is 9.97 Å². The van der Waals surface area contributed by atoms with Crippen LogP contribution in [0.3, 0.4) is 0 Å². The fourth-order valence-electron chi connectivity index (χ4n) is 2.79. The first-order valence-electron chi connectivity index (χ1n) is 7.82. The summed E-state index contributed by atoms with van der Waals surface area (Å²) in [5, 5.41) is 5.28. The van der Waals surface area contributed by atoms with Gasteiger partial charge >= 0.3 is 0 Å². The average Bonchev–Trinajstić information content (AvgIpc) is 3.28. The van der Waals surface area contributed by atoms with Gasteiger partial charge in [0.2, 0.25) is 0 Å². The second kappa shape index (κ2) is 7.04. The lowest BCUT2D eigenvalue weighted by molar-refractivity contribution is 1.03. The van der Waals surface area contributed by atoms with Crippen LogP contribution < -0.4 is 0 Å². The second-order valence-electron chi connectivity index (χ2n) is 5.68. The number of aromatic nitrogens is 2. The first-order valence-corrected chi connectivity index (χ1v) is 9.52. The van der Waals surface area contributed by atoms with E-state index in [0.717, 1.165) is 34.8 Å². The van der Waals surface area contributed by atoms with E-state index in [9.17, 15) is 0 Å². The minimum Gasteiger partial charge on any atom is -0.341 e. The normalized spacial score (nSPS) is 11.0. The fraction of sp³-hybridized carbons (Fsp3) is 0.0500. The molecule has 0 amide bonds. The summed E-state index contributed by atoms with van der Waals surface area (Å²) in [4.78, 5) is 8.30. The largest absolute Gasteiger partial charge is 0.341 e. The number of thiophene rings is 1. The van der Waals surface area contributed by atoms with Crippen LogP contribution in [0, 0.1) is 0 Å². The maximum atomic E-state index is 6.46. The van der Waals surface area contributed by atoms with Crippen LogP contribution in [0.5, 0.6) is 0 Å². The molecule has 0 atom stereocenters. The van der Waals surface area contributed by atoms with Crippen molar-refractivity contribution in [1.82, 2.24) is 9.97 Å². The SMILES string of the molecule is Clc1cccc(-c2[nH]c(Cc3ccsc3)nc2-c2ccccc2)c1Cl. The second-order valence-corrected chi connectivity index (χ2v) is 7.25. The van der Waals surface area contributed by atoms with E-state index >= 15 is 0 Å². The van der Waals surface area contributed by atoms with Crippen molar-refractivity contribution in [3.8, 4) is 22.5 Å². The van der Waals surface area contributed by atoms with Gasteiger partial charge < -0.3 is 4.98 Å². The third-order valence-corrected chi connectivity index (χ3v) is 5.52. The Morgan fingerprint density at radius 2 is 1.80 bits per heavy atom. The molecule has 0 radical (unpaired) electrons. The molecule has 0 unspecified atom stereocenters. The van der Waals surface area contributed by atoms with Crippen molar-refractivity contribution >= 4 is 34.5 Å². The zero-order valence-corrected chi connectivity index (χ0v) is 15.5. The van der Waals surface area contributed by atoms with Crippen molar-refractivity contribution in [2.45, 2.75) is 6.42 Å². The quantitative estimate of drug-likeness (QED) is 0.416. The van der Waals surface area contributed by atoms with Gasteiger partial charge in [-0.05, 0) is 28.5 Å². The molecule has 2 nitrogen and oxygen atoms in total. The molecule has 2 aromatic carbocycles. The first kappa shape index (κ1) is 16.4. The van der Waals surface area contributed by atoms with E-state index in [-0.39, 0.29) is 0 Å². The lowest BCUT2D eigenvalue weighted by atomic mass is 10.1. The maximum absolute atomic E-state index is 6.46. The lowest BCUT2D eigenvalue weighted by Gasteiger charge is -2.06. The van der Waals surface area contributed by atoms with Crippen molar-refractivity contribution in [2.75, 3.05) is 0 Å². The molecule has 4 rings (SSSR count). The maximum Gasteiger partial charge on any atom is 0.111 e. The molecular weight excluding hydrogens is 371 g/mol. The molecule has 2 heterocycles. The van der Waals surface area contributed by atoms with Gasteiger partial charge in [-0.15, -0.1) is 0 Å². The highest BCUT2D eigenvalue weighted by atomic mass is 35.5. The number of halogens is 2. The number of nitrogens with zero attached hydrogens (tertiary/aromatic N) is 1. The molecule has 0 aliphatic heterocycles. The van der Waals surface area contributed by atoms with Crippen LogP contribution in [0.2, 0.25) is 10.0 Å². The average molecular weight is 385 g/mol. The monoisotopic (exact) mass is 384 g/mol. The molecule has 25 heavy (non-hydrogen) atoms. The predicted octanol–water partition coefficient (Wildman–Crippen LogP) is 6.70. The zero-order valence-electron chi connectivity index (χ0n) is 13.2. The lowest BCUT2D eigenvalue weighted by Crippen LogP contribution is -1.88. The Kier molecular flexibility index (Phi) is 4.62. The van der Waals surface area contributed by atoms with Gasteiger partial charge in [0.15, 0.2) is 0 Å². The van der Waals surface area contributed by atoms with E-state index in [1.807, 2.05) is 42.5 Å². The standard InChI is InChI=1S/C20H14Cl2N2S/c21-16-8-4-7-15(18(16)22)20-19(14-5-2-1-3-6-14)23-17(24-20)11-13-9-10-25-12-13/h1-10,12H,11H2,(H,23,24). The van der Waals surface area contributed by atoms with Crippen LogP contribution >= 0.6 is 34.5 Å². The summed E-state index contributed by atoms with van der Waals surface area (Å²) in [7, 11) is 0. The number of H-pyrrole nitrogens is 1. The molecule has 0 bridgehead atoms. The third-order valence-electron chi connectivity index (χ3n) is 3.97. The highest BCUT2D eigenvalue weighted by Gasteiger charge is 2.17. The van der Waals surface area contributed by atoms with Crippen molar-refractivity contribution in [3.63, 3.8) is 0 Å². The van der Waals surface area contributed by atoms with Gasteiger partial charge in [-0.1, -0.05) is 65.7 Å².